The molecule has 0 spiro atoms. The number of rotatable bonds is 6. The molecule has 17 heavy (non-hydrogen) atoms. The Labute approximate surface area is 102 Å². The predicted octanol–water partition coefficient (Wildman–Crippen LogP) is 2.34. The third kappa shape index (κ3) is 4.73. The van der Waals surface area contributed by atoms with Crippen LogP contribution < -0.4 is 4.74 Å². The van der Waals surface area contributed by atoms with Gasteiger partial charge in [0.15, 0.2) is 0 Å². The molecule has 1 rings (SSSR count). The van der Waals surface area contributed by atoms with Crippen LogP contribution >= 0.6 is 0 Å². The zero-order chi connectivity index (χ0) is 12.9. The third-order valence-electron chi connectivity index (χ3n) is 2.45. The first-order valence-corrected chi connectivity index (χ1v) is 7.36. The maximum atomic E-state index is 12.9. The normalized spacial score (nSPS) is 11.5. The average molecular weight is 260 g/mol. The first-order valence-electron chi connectivity index (χ1n) is 5.54. The van der Waals surface area contributed by atoms with Crippen molar-refractivity contribution in [3.05, 3.63) is 29.6 Å². The third-order valence-corrected chi connectivity index (χ3v) is 4.24. The van der Waals surface area contributed by atoms with Crippen molar-refractivity contribution in [1.82, 2.24) is 0 Å². The summed E-state index contributed by atoms with van der Waals surface area (Å²) in [6.45, 7) is 3.72. The van der Waals surface area contributed by atoms with Crippen LogP contribution in [0.3, 0.4) is 0 Å². The summed E-state index contributed by atoms with van der Waals surface area (Å²) in [5.41, 5.74) is 0.838. The van der Waals surface area contributed by atoms with Crippen molar-refractivity contribution in [3.8, 4) is 5.75 Å². The van der Waals surface area contributed by atoms with Crippen LogP contribution in [-0.4, -0.2) is 26.5 Å². The molecule has 0 aliphatic heterocycles. The molecule has 0 atom stereocenters. The van der Waals surface area contributed by atoms with E-state index in [0.717, 1.165) is 5.56 Å². The van der Waals surface area contributed by atoms with Crippen LogP contribution in [0.1, 0.15) is 18.9 Å². The molecule has 0 aliphatic rings. The first-order chi connectivity index (χ1) is 7.94. The van der Waals surface area contributed by atoms with E-state index in [4.69, 9.17) is 4.74 Å². The van der Waals surface area contributed by atoms with E-state index in [1.165, 1.54) is 12.1 Å². The van der Waals surface area contributed by atoms with Gasteiger partial charge in [0.1, 0.15) is 21.4 Å². The average Bonchev–Trinajstić information content (AvgIpc) is 2.29. The number of hydrogen-bond donors (Lipinski definition) is 0. The van der Waals surface area contributed by atoms with E-state index in [9.17, 15) is 12.8 Å². The number of hydrogen-bond acceptors (Lipinski definition) is 3. The molecule has 0 aliphatic carbocycles. The summed E-state index contributed by atoms with van der Waals surface area (Å²) in [6.07, 6.45) is 0.423. The SMILES string of the molecule is CCS(=O)(=O)CCCOc1cc(F)ccc1C. The van der Waals surface area contributed by atoms with Gasteiger partial charge in [-0.1, -0.05) is 13.0 Å². The Morgan fingerprint density at radius 3 is 2.71 bits per heavy atom. The van der Waals surface area contributed by atoms with Crippen LogP contribution in [0.15, 0.2) is 18.2 Å². The van der Waals surface area contributed by atoms with Crippen molar-refractivity contribution in [2.75, 3.05) is 18.1 Å². The van der Waals surface area contributed by atoms with Crippen LogP contribution in [0.4, 0.5) is 4.39 Å². The van der Waals surface area contributed by atoms with Crippen molar-refractivity contribution in [1.29, 1.82) is 0 Å². The number of sulfone groups is 1. The van der Waals surface area contributed by atoms with Crippen LogP contribution in [0, 0.1) is 12.7 Å². The highest BCUT2D eigenvalue weighted by Crippen LogP contribution is 2.18. The lowest BCUT2D eigenvalue weighted by molar-refractivity contribution is 0.314. The predicted molar refractivity (Wildman–Crippen MR) is 65.6 cm³/mol. The molecule has 0 amide bonds. The van der Waals surface area contributed by atoms with Gasteiger partial charge < -0.3 is 4.74 Å². The minimum Gasteiger partial charge on any atom is -0.493 e. The lowest BCUT2D eigenvalue weighted by Crippen LogP contribution is -2.12. The molecule has 0 radical (unpaired) electrons. The van der Waals surface area contributed by atoms with Crippen LogP contribution in [-0.2, 0) is 9.84 Å². The number of aryl methyl sites for hydroxylation is 1. The van der Waals surface area contributed by atoms with Gasteiger partial charge in [-0.05, 0) is 25.0 Å². The lowest BCUT2D eigenvalue weighted by Gasteiger charge is -2.08. The van der Waals surface area contributed by atoms with Gasteiger partial charge in [-0.2, -0.15) is 0 Å². The summed E-state index contributed by atoms with van der Waals surface area (Å²) >= 11 is 0. The Morgan fingerprint density at radius 1 is 1.35 bits per heavy atom. The van der Waals surface area contributed by atoms with E-state index < -0.39 is 9.84 Å². The van der Waals surface area contributed by atoms with Crippen molar-refractivity contribution >= 4 is 9.84 Å². The fourth-order valence-electron chi connectivity index (χ4n) is 1.33. The second-order valence-electron chi connectivity index (χ2n) is 3.85. The Balaban J connectivity index is 2.44. The van der Waals surface area contributed by atoms with Gasteiger partial charge in [-0.15, -0.1) is 0 Å². The van der Waals surface area contributed by atoms with Crippen molar-refractivity contribution < 1.29 is 17.5 Å². The van der Waals surface area contributed by atoms with Crippen molar-refractivity contribution in [2.45, 2.75) is 20.3 Å². The molecule has 0 unspecified atom stereocenters. The Hall–Kier alpha value is -1.10. The summed E-state index contributed by atoms with van der Waals surface area (Å²) in [6, 6.07) is 4.31. The fourth-order valence-corrected chi connectivity index (χ4v) is 2.18. The molecule has 3 nitrogen and oxygen atoms in total. The number of ether oxygens (including phenoxy) is 1. The van der Waals surface area contributed by atoms with Gasteiger partial charge >= 0.3 is 0 Å². The largest absolute Gasteiger partial charge is 0.493 e. The summed E-state index contributed by atoms with van der Waals surface area (Å²) in [5.74, 6) is 0.370. The summed E-state index contributed by atoms with van der Waals surface area (Å²) in [4.78, 5) is 0. The standard InChI is InChI=1S/C12H17FO3S/c1-3-17(14,15)8-4-7-16-12-9-11(13)6-5-10(12)2/h5-6,9H,3-4,7-8H2,1-2H3. The molecule has 0 saturated carbocycles. The van der Waals surface area contributed by atoms with E-state index in [1.54, 1.807) is 13.0 Å². The molecule has 0 heterocycles. The van der Waals surface area contributed by atoms with E-state index >= 15 is 0 Å². The quantitative estimate of drug-likeness (QED) is 0.737. The number of benzene rings is 1. The van der Waals surface area contributed by atoms with Crippen molar-refractivity contribution in [2.24, 2.45) is 0 Å². The van der Waals surface area contributed by atoms with Crippen LogP contribution in [0.25, 0.3) is 0 Å². The molecule has 1 aromatic rings. The smallest absolute Gasteiger partial charge is 0.150 e. The fraction of sp³-hybridized carbons (Fsp3) is 0.500. The van der Waals surface area contributed by atoms with Gasteiger partial charge in [0.05, 0.1) is 12.4 Å². The molecule has 0 aromatic heterocycles. The van der Waals surface area contributed by atoms with E-state index in [1.807, 2.05) is 6.92 Å². The Morgan fingerprint density at radius 2 is 2.06 bits per heavy atom. The molecule has 5 heteroatoms. The van der Waals surface area contributed by atoms with Gasteiger partial charge in [0, 0.05) is 11.8 Å². The maximum Gasteiger partial charge on any atom is 0.150 e. The second-order valence-corrected chi connectivity index (χ2v) is 6.32. The van der Waals surface area contributed by atoms with Crippen LogP contribution in [0.5, 0.6) is 5.75 Å². The zero-order valence-corrected chi connectivity index (χ0v) is 10.9. The van der Waals surface area contributed by atoms with Gasteiger partial charge in [-0.3, -0.25) is 0 Å². The second kappa shape index (κ2) is 6.00. The Kier molecular flexibility index (Phi) is 4.93. The molecular weight excluding hydrogens is 243 g/mol. The van der Waals surface area contributed by atoms with E-state index in [0.29, 0.717) is 12.2 Å². The molecular formula is C12H17FO3S. The highest BCUT2D eigenvalue weighted by atomic mass is 32.2. The van der Waals surface area contributed by atoms with Gasteiger partial charge in [0.2, 0.25) is 0 Å². The molecule has 1 aromatic carbocycles. The molecule has 0 saturated heterocycles. The highest BCUT2D eigenvalue weighted by Gasteiger charge is 2.07. The first kappa shape index (κ1) is 14.0. The number of halogens is 1. The lowest BCUT2D eigenvalue weighted by atomic mass is 10.2. The summed E-state index contributed by atoms with van der Waals surface area (Å²) in [7, 11) is -2.95. The van der Waals surface area contributed by atoms with Crippen LogP contribution in [0.2, 0.25) is 0 Å². The minimum absolute atomic E-state index is 0.109. The maximum absolute atomic E-state index is 12.9. The van der Waals surface area contributed by atoms with E-state index in [-0.39, 0.29) is 23.9 Å². The van der Waals surface area contributed by atoms with E-state index in [2.05, 4.69) is 0 Å². The summed E-state index contributed by atoms with van der Waals surface area (Å²) < 4.78 is 40.7. The molecule has 0 bridgehead atoms. The van der Waals surface area contributed by atoms with Gasteiger partial charge in [-0.25, -0.2) is 12.8 Å². The minimum atomic E-state index is -2.95. The Bertz CT molecular complexity index is 469. The zero-order valence-electron chi connectivity index (χ0n) is 10.1. The van der Waals surface area contributed by atoms with Gasteiger partial charge in [0.25, 0.3) is 0 Å². The highest BCUT2D eigenvalue weighted by molar-refractivity contribution is 7.91. The monoisotopic (exact) mass is 260 g/mol. The topological polar surface area (TPSA) is 43.4 Å². The molecule has 96 valence electrons. The van der Waals surface area contributed by atoms with Crippen molar-refractivity contribution in [3.63, 3.8) is 0 Å². The molecule has 0 fully saturated rings. The molecule has 0 N–H and O–H groups in total. The summed E-state index contributed by atoms with van der Waals surface area (Å²) in [5, 5.41) is 0.